The third kappa shape index (κ3) is 5.29. The smallest absolute Gasteiger partial charge is 0.351 e. The molecule has 1 amide bonds. The van der Waals surface area contributed by atoms with E-state index in [1.807, 2.05) is 0 Å². The van der Waals surface area contributed by atoms with Crippen LogP contribution >= 0.6 is 0 Å². The minimum absolute atomic E-state index is 0.0237. The van der Waals surface area contributed by atoms with Crippen LogP contribution in [0.4, 0.5) is 17.6 Å². The Labute approximate surface area is 160 Å². The Morgan fingerprint density at radius 2 is 1.68 bits per heavy atom. The highest BCUT2D eigenvalue weighted by molar-refractivity contribution is 7.89. The van der Waals surface area contributed by atoms with E-state index >= 15 is 0 Å². The van der Waals surface area contributed by atoms with Crippen LogP contribution in [0.3, 0.4) is 0 Å². The molecule has 152 valence electrons. The van der Waals surface area contributed by atoms with Gasteiger partial charge in [-0.3, -0.25) is 4.79 Å². The summed E-state index contributed by atoms with van der Waals surface area (Å²) in [5.74, 6) is -1.14. The highest BCUT2D eigenvalue weighted by Crippen LogP contribution is 2.35. The lowest BCUT2D eigenvalue weighted by Crippen LogP contribution is -2.40. The predicted molar refractivity (Wildman–Crippen MR) is 94.1 cm³/mol. The first kappa shape index (κ1) is 21.8. The van der Waals surface area contributed by atoms with E-state index in [1.54, 1.807) is 0 Å². The van der Waals surface area contributed by atoms with E-state index in [-0.39, 0.29) is 13.1 Å². The molecule has 0 aromatic heterocycles. The van der Waals surface area contributed by atoms with Gasteiger partial charge in [-0.15, -0.1) is 0 Å². The van der Waals surface area contributed by atoms with Gasteiger partial charge >= 0.3 is 6.18 Å². The minimum Gasteiger partial charge on any atom is -0.351 e. The van der Waals surface area contributed by atoms with Crippen LogP contribution in [0.25, 0.3) is 0 Å². The van der Waals surface area contributed by atoms with Crippen LogP contribution in [0.5, 0.6) is 0 Å². The second kappa shape index (κ2) is 8.70. The van der Waals surface area contributed by atoms with Crippen molar-refractivity contribution >= 4 is 15.9 Å². The molecule has 0 aliphatic carbocycles. The number of alkyl halides is 3. The fraction of sp³-hybridized carbons (Fsp3) is 0.278. The van der Waals surface area contributed by atoms with E-state index in [2.05, 4.69) is 5.32 Å². The van der Waals surface area contributed by atoms with Gasteiger partial charge in [-0.1, -0.05) is 31.2 Å². The largest absolute Gasteiger partial charge is 0.417 e. The number of carbonyl (C=O) groups excluding carboxylic acids is 1. The predicted octanol–water partition coefficient (Wildman–Crippen LogP) is 3.17. The Morgan fingerprint density at radius 1 is 1.07 bits per heavy atom. The molecule has 0 saturated carbocycles. The van der Waals surface area contributed by atoms with Crippen molar-refractivity contribution in [2.24, 2.45) is 0 Å². The molecule has 0 aliphatic rings. The molecule has 0 unspecified atom stereocenters. The zero-order valence-electron chi connectivity index (χ0n) is 14.8. The number of carbonyl (C=O) groups is 1. The molecule has 2 aromatic carbocycles. The van der Waals surface area contributed by atoms with E-state index in [9.17, 15) is 30.8 Å². The average Bonchev–Trinajstić information content (AvgIpc) is 2.64. The first-order valence-electron chi connectivity index (χ1n) is 8.23. The van der Waals surface area contributed by atoms with Gasteiger partial charge < -0.3 is 5.32 Å². The molecule has 0 fully saturated rings. The van der Waals surface area contributed by atoms with Gasteiger partial charge in [0.15, 0.2) is 0 Å². The van der Waals surface area contributed by atoms with Crippen molar-refractivity contribution in [1.82, 2.24) is 9.62 Å². The Balaban J connectivity index is 2.15. The number of benzene rings is 2. The van der Waals surface area contributed by atoms with Crippen molar-refractivity contribution in [3.8, 4) is 0 Å². The van der Waals surface area contributed by atoms with Crippen molar-refractivity contribution in [3.63, 3.8) is 0 Å². The second-order valence-electron chi connectivity index (χ2n) is 5.83. The summed E-state index contributed by atoms with van der Waals surface area (Å²) < 4.78 is 78.4. The highest BCUT2D eigenvalue weighted by Gasteiger charge is 2.38. The lowest BCUT2D eigenvalue weighted by Gasteiger charge is -2.22. The molecule has 0 bridgehead atoms. The number of nitrogens with zero attached hydrogens (tertiary/aromatic N) is 1. The molecular formula is C18H18F4N2O3S. The van der Waals surface area contributed by atoms with Crippen LogP contribution in [0.2, 0.25) is 0 Å². The molecule has 1 N–H and O–H groups in total. The average molecular weight is 418 g/mol. The molecule has 0 saturated heterocycles. The van der Waals surface area contributed by atoms with E-state index in [0.29, 0.717) is 15.9 Å². The zero-order chi connectivity index (χ0) is 20.9. The Hall–Kier alpha value is -2.46. The van der Waals surface area contributed by atoms with Crippen LogP contribution in [0.15, 0.2) is 53.4 Å². The number of rotatable bonds is 7. The summed E-state index contributed by atoms with van der Waals surface area (Å²) in [5, 5.41) is 2.46. The van der Waals surface area contributed by atoms with Crippen LogP contribution in [0, 0.1) is 5.82 Å². The topological polar surface area (TPSA) is 66.5 Å². The number of hydrogen-bond acceptors (Lipinski definition) is 3. The van der Waals surface area contributed by atoms with Gasteiger partial charge in [-0.2, -0.15) is 17.5 Å². The second-order valence-corrected chi connectivity index (χ2v) is 7.73. The standard InChI is InChI=1S/C18H18F4N2O3S/c1-2-24(12-17(25)23-11-13-7-9-14(19)10-8-13)28(26,27)16-6-4-3-5-15(16)18(20,21)22/h3-10H,2,11-12H2,1H3,(H,23,25). The summed E-state index contributed by atoms with van der Waals surface area (Å²) in [6, 6.07) is 9.12. The van der Waals surface area contributed by atoms with Crippen LogP contribution in [-0.2, 0) is 27.5 Å². The Kier molecular flexibility index (Phi) is 6.78. The summed E-state index contributed by atoms with van der Waals surface area (Å²) in [5.41, 5.74) is -0.705. The fourth-order valence-corrected chi connectivity index (χ4v) is 4.07. The van der Waals surface area contributed by atoms with Gasteiger partial charge in [0, 0.05) is 13.1 Å². The van der Waals surface area contributed by atoms with E-state index < -0.39 is 44.9 Å². The van der Waals surface area contributed by atoms with Crippen molar-refractivity contribution in [1.29, 1.82) is 0 Å². The molecule has 28 heavy (non-hydrogen) atoms. The van der Waals surface area contributed by atoms with Gasteiger partial charge in [0.2, 0.25) is 15.9 Å². The maximum Gasteiger partial charge on any atom is 0.417 e. The maximum atomic E-state index is 13.2. The number of sulfonamides is 1. The van der Waals surface area contributed by atoms with Gasteiger partial charge in [-0.25, -0.2) is 12.8 Å². The third-order valence-corrected chi connectivity index (χ3v) is 5.86. The van der Waals surface area contributed by atoms with Crippen LogP contribution < -0.4 is 5.32 Å². The quantitative estimate of drug-likeness (QED) is 0.703. The van der Waals surface area contributed by atoms with E-state index in [1.165, 1.54) is 37.3 Å². The third-order valence-electron chi connectivity index (χ3n) is 3.89. The van der Waals surface area contributed by atoms with Gasteiger partial charge in [0.05, 0.1) is 17.0 Å². The molecule has 2 rings (SSSR count). The normalized spacial score (nSPS) is 12.2. The lowest BCUT2D eigenvalue weighted by molar-refractivity contribution is -0.139. The van der Waals surface area contributed by atoms with Crippen molar-refractivity contribution in [3.05, 3.63) is 65.5 Å². The summed E-state index contributed by atoms with van der Waals surface area (Å²) in [7, 11) is -4.55. The zero-order valence-corrected chi connectivity index (χ0v) is 15.6. The summed E-state index contributed by atoms with van der Waals surface area (Å²) >= 11 is 0. The summed E-state index contributed by atoms with van der Waals surface area (Å²) in [4.78, 5) is 11.2. The van der Waals surface area contributed by atoms with E-state index in [4.69, 9.17) is 0 Å². The molecule has 0 radical (unpaired) electrons. The lowest BCUT2D eigenvalue weighted by atomic mass is 10.2. The molecule has 0 spiro atoms. The summed E-state index contributed by atoms with van der Waals surface area (Å²) in [6.45, 7) is 0.599. The first-order chi connectivity index (χ1) is 13.1. The molecule has 2 aromatic rings. The maximum absolute atomic E-state index is 13.2. The van der Waals surface area contributed by atoms with E-state index in [0.717, 1.165) is 12.1 Å². The van der Waals surface area contributed by atoms with Crippen molar-refractivity contribution in [2.75, 3.05) is 13.1 Å². The number of nitrogens with one attached hydrogen (secondary N) is 1. The summed E-state index contributed by atoms with van der Waals surface area (Å²) in [6.07, 6.45) is -4.85. The SMILES string of the molecule is CCN(CC(=O)NCc1ccc(F)cc1)S(=O)(=O)c1ccccc1C(F)(F)F. The first-order valence-corrected chi connectivity index (χ1v) is 9.67. The number of hydrogen-bond donors (Lipinski definition) is 1. The van der Waals surface area contributed by atoms with Crippen molar-refractivity contribution < 1.29 is 30.8 Å². The van der Waals surface area contributed by atoms with Crippen LogP contribution in [-0.4, -0.2) is 31.7 Å². The monoisotopic (exact) mass is 418 g/mol. The van der Waals surface area contributed by atoms with Crippen LogP contribution in [0.1, 0.15) is 18.1 Å². The Morgan fingerprint density at radius 3 is 2.25 bits per heavy atom. The van der Waals surface area contributed by atoms with Crippen molar-refractivity contribution in [2.45, 2.75) is 24.5 Å². The number of halogens is 4. The van der Waals surface area contributed by atoms with Gasteiger partial charge in [-0.05, 0) is 29.8 Å². The molecule has 0 atom stereocenters. The highest BCUT2D eigenvalue weighted by atomic mass is 32.2. The number of likely N-dealkylation sites (N-methyl/N-ethyl adjacent to an activating group) is 1. The number of amides is 1. The fourth-order valence-electron chi connectivity index (χ4n) is 2.45. The molecule has 10 heteroatoms. The van der Waals surface area contributed by atoms with Gasteiger partial charge in [0.1, 0.15) is 5.82 Å². The molecular weight excluding hydrogens is 400 g/mol. The molecule has 0 heterocycles. The van der Waals surface area contributed by atoms with Gasteiger partial charge in [0.25, 0.3) is 0 Å². The molecule has 0 aliphatic heterocycles. The molecule has 5 nitrogen and oxygen atoms in total. The Bertz CT molecular complexity index is 929. The minimum atomic E-state index is -4.85.